The largest absolute Gasteiger partial charge is 0.393 e. The van der Waals surface area contributed by atoms with Crippen molar-refractivity contribution in [2.24, 2.45) is 5.92 Å². The summed E-state index contributed by atoms with van der Waals surface area (Å²) in [5.41, 5.74) is 1.10. The van der Waals surface area contributed by atoms with Gasteiger partial charge in [0.1, 0.15) is 11.9 Å². The van der Waals surface area contributed by atoms with Crippen molar-refractivity contribution in [1.82, 2.24) is 4.90 Å². The van der Waals surface area contributed by atoms with Crippen molar-refractivity contribution in [2.45, 2.75) is 57.2 Å². The average Bonchev–Trinajstić information content (AvgIpc) is 2.97. The lowest BCUT2D eigenvalue weighted by molar-refractivity contribution is 0.0201. The number of aliphatic hydroxyl groups excluding tert-OH is 1. The molecule has 4 heteroatoms. The van der Waals surface area contributed by atoms with E-state index >= 15 is 0 Å². The molecule has 1 N–H and O–H groups in total. The van der Waals surface area contributed by atoms with Crippen LogP contribution in [-0.4, -0.2) is 28.7 Å². The molecule has 0 unspecified atom stereocenters. The van der Waals surface area contributed by atoms with Gasteiger partial charge in [0.15, 0.2) is 0 Å². The monoisotopic (exact) mass is 302 g/mol. The Bertz CT molecular complexity index is 569. The van der Waals surface area contributed by atoms with Crippen molar-refractivity contribution in [2.75, 3.05) is 6.54 Å². The Hall–Kier alpha value is -1.44. The Morgan fingerprint density at radius 3 is 2.82 bits per heavy atom. The minimum Gasteiger partial charge on any atom is -0.393 e. The van der Waals surface area contributed by atoms with Gasteiger partial charge in [0.2, 0.25) is 0 Å². The summed E-state index contributed by atoms with van der Waals surface area (Å²) in [6.07, 6.45) is 6.48. The van der Waals surface area contributed by atoms with E-state index < -0.39 is 5.82 Å². The zero-order valence-corrected chi connectivity index (χ0v) is 12.8. The number of hydrogen-bond donors (Lipinski definition) is 1. The molecule has 1 aromatic rings. The number of halogens is 1. The normalized spacial score (nSPS) is 29.4. The molecule has 3 rings (SSSR count). The van der Waals surface area contributed by atoms with Crippen LogP contribution in [0.2, 0.25) is 0 Å². The molecule has 1 aromatic carbocycles. The Labute approximate surface area is 131 Å². The van der Waals surface area contributed by atoms with Gasteiger partial charge in [-0.3, -0.25) is 4.90 Å². The van der Waals surface area contributed by atoms with E-state index in [1.807, 2.05) is 6.07 Å². The summed E-state index contributed by atoms with van der Waals surface area (Å²) in [6.45, 7) is 1.76. The highest BCUT2D eigenvalue weighted by molar-refractivity contribution is 5.34. The van der Waals surface area contributed by atoms with Gasteiger partial charge in [-0.1, -0.05) is 18.9 Å². The van der Waals surface area contributed by atoms with Crippen LogP contribution in [-0.2, 0) is 6.54 Å². The summed E-state index contributed by atoms with van der Waals surface area (Å²) in [6, 6.07) is 7.14. The third-order valence-corrected chi connectivity index (χ3v) is 5.23. The van der Waals surface area contributed by atoms with Gasteiger partial charge in [-0.15, -0.1) is 0 Å². The highest BCUT2D eigenvalue weighted by atomic mass is 19.1. The van der Waals surface area contributed by atoms with Crippen LogP contribution in [0.3, 0.4) is 0 Å². The van der Waals surface area contributed by atoms with Crippen molar-refractivity contribution in [1.29, 1.82) is 5.26 Å². The summed E-state index contributed by atoms with van der Waals surface area (Å²) < 4.78 is 13.4. The lowest BCUT2D eigenvalue weighted by Crippen LogP contribution is -2.42. The van der Waals surface area contributed by atoms with Crippen LogP contribution >= 0.6 is 0 Å². The molecule has 1 aliphatic carbocycles. The second-order valence-corrected chi connectivity index (χ2v) is 6.62. The molecule has 0 aromatic heterocycles. The molecule has 0 radical (unpaired) electrons. The van der Waals surface area contributed by atoms with Gasteiger partial charge < -0.3 is 5.11 Å². The zero-order chi connectivity index (χ0) is 15.5. The van der Waals surface area contributed by atoms with E-state index in [0.717, 1.165) is 50.8 Å². The summed E-state index contributed by atoms with van der Waals surface area (Å²) in [7, 11) is 0. The molecule has 2 aliphatic rings. The van der Waals surface area contributed by atoms with E-state index in [4.69, 9.17) is 5.26 Å². The molecule has 3 nitrogen and oxygen atoms in total. The molecule has 1 saturated carbocycles. The quantitative estimate of drug-likeness (QED) is 0.932. The molecule has 22 heavy (non-hydrogen) atoms. The molecule has 0 amide bonds. The minimum absolute atomic E-state index is 0.117. The van der Waals surface area contributed by atoms with Crippen LogP contribution in [0.25, 0.3) is 0 Å². The number of rotatable bonds is 3. The second-order valence-electron chi connectivity index (χ2n) is 6.62. The number of likely N-dealkylation sites (tertiary alicyclic amines) is 1. The highest BCUT2D eigenvalue weighted by Gasteiger charge is 2.36. The smallest absolute Gasteiger partial charge is 0.140 e. The molecular weight excluding hydrogens is 279 g/mol. The van der Waals surface area contributed by atoms with Gasteiger partial charge >= 0.3 is 0 Å². The fourth-order valence-electron chi connectivity index (χ4n) is 4.11. The van der Waals surface area contributed by atoms with E-state index in [9.17, 15) is 9.50 Å². The Balaban J connectivity index is 1.72. The topological polar surface area (TPSA) is 47.3 Å². The predicted molar refractivity (Wildman–Crippen MR) is 82.5 cm³/mol. The van der Waals surface area contributed by atoms with Crippen LogP contribution in [0, 0.1) is 23.1 Å². The third kappa shape index (κ3) is 3.16. The minimum atomic E-state index is -0.452. The number of aliphatic hydroxyl groups is 1. The molecule has 3 atom stereocenters. The molecule has 2 fully saturated rings. The molecule has 0 bridgehead atoms. The number of nitrogens with zero attached hydrogens (tertiary/aromatic N) is 2. The first kappa shape index (κ1) is 15.5. The Kier molecular flexibility index (Phi) is 4.75. The maximum Gasteiger partial charge on any atom is 0.140 e. The van der Waals surface area contributed by atoms with Crippen molar-refractivity contribution in [3.63, 3.8) is 0 Å². The first-order chi connectivity index (χ1) is 10.7. The maximum atomic E-state index is 13.4. The summed E-state index contributed by atoms with van der Waals surface area (Å²) in [5.74, 6) is -0.0842. The predicted octanol–water partition coefficient (Wildman–Crippen LogP) is 3.21. The van der Waals surface area contributed by atoms with E-state index in [1.54, 1.807) is 12.1 Å². The first-order valence-corrected chi connectivity index (χ1v) is 8.29. The molecule has 1 heterocycles. The van der Waals surface area contributed by atoms with Crippen molar-refractivity contribution in [3.8, 4) is 6.07 Å². The molecular formula is C18H23FN2O. The maximum absolute atomic E-state index is 13.4. The Morgan fingerprint density at radius 1 is 1.23 bits per heavy atom. The van der Waals surface area contributed by atoms with E-state index in [0.29, 0.717) is 12.0 Å². The lowest BCUT2D eigenvalue weighted by atomic mass is 9.80. The van der Waals surface area contributed by atoms with Crippen LogP contribution in [0.5, 0.6) is 0 Å². The number of nitriles is 1. The molecule has 1 saturated heterocycles. The van der Waals surface area contributed by atoms with Crippen LogP contribution in [0.4, 0.5) is 4.39 Å². The van der Waals surface area contributed by atoms with Gasteiger partial charge in [-0.25, -0.2) is 4.39 Å². The van der Waals surface area contributed by atoms with Gasteiger partial charge in [-0.05, 0) is 49.9 Å². The fourth-order valence-corrected chi connectivity index (χ4v) is 4.11. The lowest BCUT2D eigenvalue weighted by Gasteiger charge is -2.37. The van der Waals surface area contributed by atoms with E-state index in [-0.39, 0.29) is 11.7 Å². The number of hydrogen-bond acceptors (Lipinski definition) is 3. The summed E-state index contributed by atoms with van der Waals surface area (Å²) in [4.78, 5) is 2.41. The van der Waals surface area contributed by atoms with Crippen molar-refractivity contribution < 1.29 is 9.50 Å². The SMILES string of the molecule is N#Cc1cc(CN2CCC[C@@H]2[C@@H]2CCCC[C@H]2O)ccc1F. The highest BCUT2D eigenvalue weighted by Crippen LogP contribution is 2.35. The average molecular weight is 302 g/mol. The fraction of sp³-hybridized carbons (Fsp3) is 0.611. The molecule has 1 aliphatic heterocycles. The first-order valence-electron chi connectivity index (χ1n) is 8.29. The van der Waals surface area contributed by atoms with Crippen LogP contribution in [0.15, 0.2) is 18.2 Å². The van der Waals surface area contributed by atoms with Gasteiger partial charge in [0.05, 0.1) is 11.7 Å². The molecule has 0 spiro atoms. The zero-order valence-electron chi connectivity index (χ0n) is 12.8. The Morgan fingerprint density at radius 2 is 2.05 bits per heavy atom. The van der Waals surface area contributed by atoms with Gasteiger partial charge in [-0.2, -0.15) is 5.26 Å². The number of benzene rings is 1. The van der Waals surface area contributed by atoms with Gasteiger partial charge in [0.25, 0.3) is 0 Å². The summed E-state index contributed by atoms with van der Waals surface area (Å²) in [5, 5.41) is 19.3. The standard InChI is InChI=1S/C18H23FN2O/c19-16-8-7-13(10-14(16)11-20)12-21-9-3-5-17(21)15-4-1-2-6-18(15)22/h7-8,10,15,17-18,22H,1-6,9,12H2/t15-,17+,18+/m0/s1. The van der Waals surface area contributed by atoms with Crippen molar-refractivity contribution >= 4 is 0 Å². The van der Waals surface area contributed by atoms with E-state index in [2.05, 4.69) is 4.90 Å². The third-order valence-electron chi connectivity index (χ3n) is 5.23. The van der Waals surface area contributed by atoms with Gasteiger partial charge in [0, 0.05) is 18.5 Å². The van der Waals surface area contributed by atoms with Crippen molar-refractivity contribution in [3.05, 3.63) is 35.1 Å². The summed E-state index contributed by atoms with van der Waals surface area (Å²) >= 11 is 0. The van der Waals surface area contributed by atoms with Crippen LogP contribution < -0.4 is 0 Å². The van der Waals surface area contributed by atoms with Crippen LogP contribution in [0.1, 0.15) is 49.7 Å². The van der Waals surface area contributed by atoms with E-state index in [1.165, 1.54) is 12.5 Å². The second kappa shape index (κ2) is 6.76. The molecule has 118 valence electrons.